The molecule has 2 aromatic rings. The van der Waals surface area contributed by atoms with E-state index < -0.39 is 17.5 Å². The van der Waals surface area contributed by atoms with E-state index in [1.807, 2.05) is 20.8 Å². The van der Waals surface area contributed by atoms with E-state index in [2.05, 4.69) is 16.1 Å². The van der Waals surface area contributed by atoms with Crippen LogP contribution in [-0.2, 0) is 20.8 Å². The first kappa shape index (κ1) is 32.9. The van der Waals surface area contributed by atoms with Gasteiger partial charge >= 0.3 is 0 Å². The van der Waals surface area contributed by atoms with Gasteiger partial charge in [-0.3, -0.25) is 14.4 Å². The molecule has 2 aliphatic rings. The molecule has 3 atom stereocenters. The maximum Gasteiger partial charge on any atom is 0.277 e. The third kappa shape index (κ3) is 8.11. The van der Waals surface area contributed by atoms with Crippen LogP contribution in [0, 0.1) is 17.0 Å². The number of carbonyl (C=O) groups is 3. The van der Waals surface area contributed by atoms with E-state index >= 15 is 0 Å². The SMILES string of the molecule is CNC(C)C(=O)NC(C(=O)N1CCCC1CN(CCc1ccc(F)cc1)C(=O)C1=CN(c2ccc(F)cc2)[NH2+]N1)C(C)(C)C. The van der Waals surface area contributed by atoms with Gasteiger partial charge in [0.15, 0.2) is 5.70 Å². The molecule has 238 valence electrons. The van der Waals surface area contributed by atoms with E-state index in [9.17, 15) is 23.2 Å². The van der Waals surface area contributed by atoms with Gasteiger partial charge in [0, 0.05) is 25.7 Å². The molecular weight excluding hydrogens is 568 g/mol. The van der Waals surface area contributed by atoms with Gasteiger partial charge in [-0.2, -0.15) is 5.01 Å². The zero-order valence-corrected chi connectivity index (χ0v) is 26.1. The third-order valence-electron chi connectivity index (χ3n) is 8.17. The first-order valence-corrected chi connectivity index (χ1v) is 15.0. The summed E-state index contributed by atoms with van der Waals surface area (Å²) in [7, 11) is 1.69. The first-order valence-electron chi connectivity index (χ1n) is 15.0. The number of nitrogens with one attached hydrogen (secondary N) is 3. The van der Waals surface area contributed by atoms with Crippen molar-refractivity contribution in [2.45, 2.75) is 65.1 Å². The molecule has 10 nitrogen and oxygen atoms in total. The van der Waals surface area contributed by atoms with Crippen molar-refractivity contribution < 1.29 is 28.7 Å². The predicted octanol–water partition coefficient (Wildman–Crippen LogP) is 1.81. The zero-order valence-electron chi connectivity index (χ0n) is 26.1. The molecule has 0 spiro atoms. The Kier molecular flexibility index (Phi) is 10.6. The molecule has 0 radical (unpaired) electrons. The lowest BCUT2D eigenvalue weighted by molar-refractivity contribution is -0.699. The molecule has 3 amide bonds. The Hall–Kier alpha value is -4.03. The molecule has 0 aromatic heterocycles. The highest BCUT2D eigenvalue weighted by molar-refractivity contribution is 5.93. The fraction of sp³-hybridized carbons (Fsp3) is 0.469. The Morgan fingerprint density at radius 2 is 1.70 bits per heavy atom. The lowest BCUT2D eigenvalue weighted by atomic mass is 9.85. The Labute approximate surface area is 257 Å². The van der Waals surface area contributed by atoms with Crippen LogP contribution < -0.4 is 26.6 Å². The van der Waals surface area contributed by atoms with Crippen molar-refractivity contribution in [1.82, 2.24) is 25.9 Å². The number of hydrogen-bond donors (Lipinski definition) is 4. The van der Waals surface area contributed by atoms with Gasteiger partial charge in [-0.1, -0.05) is 32.9 Å². The molecule has 0 aliphatic carbocycles. The van der Waals surface area contributed by atoms with E-state index in [-0.39, 0.29) is 35.4 Å². The Balaban J connectivity index is 1.54. The van der Waals surface area contributed by atoms with Crippen LogP contribution in [0.3, 0.4) is 0 Å². The van der Waals surface area contributed by atoms with Gasteiger partial charge in [0.25, 0.3) is 5.91 Å². The van der Waals surface area contributed by atoms with Crippen LogP contribution in [0.5, 0.6) is 0 Å². The Morgan fingerprint density at radius 3 is 2.32 bits per heavy atom. The highest BCUT2D eigenvalue weighted by Gasteiger charge is 2.41. The molecule has 2 aromatic carbocycles. The van der Waals surface area contributed by atoms with Crippen molar-refractivity contribution in [2.24, 2.45) is 5.41 Å². The van der Waals surface area contributed by atoms with Gasteiger partial charge < -0.3 is 20.4 Å². The second-order valence-electron chi connectivity index (χ2n) is 12.5. The number of quaternary nitrogens is 1. The summed E-state index contributed by atoms with van der Waals surface area (Å²) in [4.78, 5) is 44.2. The van der Waals surface area contributed by atoms with Gasteiger partial charge in [0.1, 0.15) is 17.7 Å². The number of hydrogen-bond acceptors (Lipinski definition) is 6. The zero-order chi connectivity index (χ0) is 32.0. The number of amides is 3. The quantitative estimate of drug-likeness (QED) is 0.288. The highest BCUT2D eigenvalue weighted by Crippen LogP contribution is 2.27. The molecule has 0 saturated carbocycles. The van der Waals surface area contributed by atoms with Crippen LogP contribution in [-0.4, -0.2) is 72.3 Å². The van der Waals surface area contributed by atoms with Crippen molar-refractivity contribution in [3.63, 3.8) is 0 Å². The minimum absolute atomic E-state index is 0.170. The summed E-state index contributed by atoms with van der Waals surface area (Å²) in [6, 6.07) is 10.7. The summed E-state index contributed by atoms with van der Waals surface area (Å²) in [5.41, 5.74) is 6.04. The third-order valence-corrected chi connectivity index (χ3v) is 8.17. The van der Waals surface area contributed by atoms with E-state index in [4.69, 9.17) is 0 Å². The summed E-state index contributed by atoms with van der Waals surface area (Å²) < 4.78 is 27.0. The number of likely N-dealkylation sites (tertiary alicyclic amines) is 1. The number of rotatable bonds is 11. The van der Waals surface area contributed by atoms with Crippen LogP contribution in [0.2, 0.25) is 0 Å². The molecule has 4 rings (SSSR count). The molecule has 44 heavy (non-hydrogen) atoms. The number of nitrogens with zero attached hydrogens (tertiary/aromatic N) is 3. The number of carbonyl (C=O) groups excluding carboxylic acids is 3. The topological polar surface area (TPSA) is 114 Å². The van der Waals surface area contributed by atoms with Crippen molar-refractivity contribution in [2.75, 3.05) is 31.7 Å². The summed E-state index contributed by atoms with van der Waals surface area (Å²) in [6.07, 6.45) is 3.64. The van der Waals surface area contributed by atoms with E-state index in [0.29, 0.717) is 43.9 Å². The molecule has 5 N–H and O–H groups in total. The normalized spacial score (nSPS) is 18.0. The maximum atomic E-state index is 14.0. The largest absolute Gasteiger partial charge is 0.342 e. The average molecular weight is 613 g/mol. The Bertz CT molecular complexity index is 1350. The number of benzene rings is 2. The maximum absolute atomic E-state index is 14.0. The molecule has 2 aliphatic heterocycles. The predicted molar refractivity (Wildman–Crippen MR) is 163 cm³/mol. The second-order valence-corrected chi connectivity index (χ2v) is 12.5. The van der Waals surface area contributed by atoms with E-state index in [1.165, 1.54) is 24.3 Å². The van der Waals surface area contributed by atoms with Crippen molar-refractivity contribution in [1.29, 1.82) is 0 Å². The van der Waals surface area contributed by atoms with Gasteiger partial charge in [-0.25, -0.2) is 14.2 Å². The highest BCUT2D eigenvalue weighted by atomic mass is 19.1. The van der Waals surface area contributed by atoms with Gasteiger partial charge in [-0.15, -0.1) is 5.53 Å². The average Bonchev–Trinajstić information content (AvgIpc) is 3.68. The molecular formula is C32H44F2N7O3+. The van der Waals surface area contributed by atoms with Gasteiger partial charge in [-0.05, 0) is 80.6 Å². The lowest BCUT2D eigenvalue weighted by Crippen LogP contribution is -2.98. The number of nitrogens with two attached hydrogens (primary N) is 1. The van der Waals surface area contributed by atoms with Gasteiger partial charge in [0.2, 0.25) is 11.8 Å². The number of anilines is 1. The van der Waals surface area contributed by atoms with Crippen LogP contribution in [0.25, 0.3) is 0 Å². The van der Waals surface area contributed by atoms with Crippen LogP contribution in [0.15, 0.2) is 60.4 Å². The monoisotopic (exact) mass is 612 g/mol. The fourth-order valence-corrected chi connectivity index (χ4v) is 5.38. The van der Waals surface area contributed by atoms with E-state index in [0.717, 1.165) is 12.0 Å². The molecule has 1 fully saturated rings. The van der Waals surface area contributed by atoms with Crippen LogP contribution >= 0.6 is 0 Å². The summed E-state index contributed by atoms with van der Waals surface area (Å²) in [6.45, 7) is 8.67. The van der Waals surface area contributed by atoms with Crippen molar-refractivity contribution in [3.05, 3.63) is 77.6 Å². The summed E-state index contributed by atoms with van der Waals surface area (Å²) >= 11 is 0. The minimum Gasteiger partial charge on any atom is -0.342 e. The molecule has 3 unspecified atom stereocenters. The first-order chi connectivity index (χ1) is 20.9. The Morgan fingerprint density at radius 1 is 1.07 bits per heavy atom. The van der Waals surface area contributed by atoms with Crippen molar-refractivity contribution in [3.8, 4) is 0 Å². The molecule has 0 bridgehead atoms. The molecule has 1 saturated heterocycles. The fourth-order valence-electron chi connectivity index (χ4n) is 5.38. The molecule has 12 heteroatoms. The molecule has 2 heterocycles. The summed E-state index contributed by atoms with van der Waals surface area (Å²) in [5.74, 6) is -1.36. The van der Waals surface area contributed by atoms with Crippen LogP contribution in [0.1, 0.15) is 46.1 Å². The number of likely N-dealkylation sites (N-methyl/N-ethyl adjacent to an activating group) is 1. The van der Waals surface area contributed by atoms with E-state index in [1.54, 1.807) is 64.8 Å². The van der Waals surface area contributed by atoms with Crippen molar-refractivity contribution >= 4 is 23.4 Å². The summed E-state index contributed by atoms with van der Waals surface area (Å²) in [5, 5.41) is 7.57. The second kappa shape index (κ2) is 14.2. The minimum atomic E-state index is -0.743. The smallest absolute Gasteiger partial charge is 0.277 e. The van der Waals surface area contributed by atoms with Gasteiger partial charge in [0.05, 0.1) is 17.9 Å². The lowest BCUT2D eigenvalue weighted by Gasteiger charge is -2.37. The standard InChI is InChI=1S/C32H43F2N7O3/c1-21(35-5)29(42)36-28(32(2,3)4)31(44)40-17-6-7-26(40)19-39(18-16-22-8-10-23(33)11-9-22)30(43)27-20-41(38-37-27)25-14-12-24(34)13-15-25/h8-15,20-21,26,28,35,37-38H,6-7,16-19H2,1-5H3,(H,36,42)/p+1. The van der Waals surface area contributed by atoms with Crippen LogP contribution in [0.4, 0.5) is 14.5 Å². The number of halogens is 2.